The number of anilines is 3. The van der Waals surface area contributed by atoms with Crippen molar-refractivity contribution in [3.63, 3.8) is 0 Å². The molecular weight excluding hydrogens is 595 g/mol. The van der Waals surface area contributed by atoms with Crippen molar-refractivity contribution >= 4 is 39.0 Å². The van der Waals surface area contributed by atoms with Crippen LogP contribution in [0.4, 0.5) is 17.1 Å². The van der Waals surface area contributed by atoms with Crippen LogP contribution >= 0.6 is 0 Å². The highest BCUT2D eigenvalue weighted by Crippen LogP contribution is 2.58. The molecule has 1 spiro atoms. The minimum Gasteiger partial charge on any atom is -0.456 e. The summed E-state index contributed by atoms with van der Waals surface area (Å²) in [7, 11) is 0. The van der Waals surface area contributed by atoms with Crippen molar-refractivity contribution in [2.45, 2.75) is 31.1 Å². The second-order valence-electron chi connectivity index (χ2n) is 13.7. The number of rotatable bonds is 5. The highest BCUT2D eigenvalue weighted by Gasteiger charge is 2.45. The Morgan fingerprint density at radius 3 is 1.57 bits per heavy atom. The Morgan fingerprint density at radius 1 is 0.408 bits per heavy atom. The van der Waals surface area contributed by atoms with E-state index in [1.807, 2.05) is 0 Å². The van der Waals surface area contributed by atoms with Gasteiger partial charge in [-0.25, -0.2) is 0 Å². The molecule has 0 saturated heterocycles. The molecule has 0 aliphatic heterocycles. The lowest BCUT2D eigenvalue weighted by atomic mass is 9.77. The van der Waals surface area contributed by atoms with E-state index in [1.54, 1.807) is 0 Å². The normalized spacial score (nSPS) is 14.4. The lowest BCUT2D eigenvalue weighted by molar-refractivity contribution is 0.549. The molecule has 0 bridgehead atoms. The van der Waals surface area contributed by atoms with Crippen molar-refractivity contribution in [2.24, 2.45) is 0 Å². The fourth-order valence-electron chi connectivity index (χ4n) is 8.68. The molecule has 2 heteroatoms. The third-order valence-electron chi connectivity index (χ3n) is 11.0. The molecule has 0 unspecified atom stereocenters. The summed E-state index contributed by atoms with van der Waals surface area (Å²) < 4.78 is 6.64. The minimum atomic E-state index is 0.124. The Hall–Kier alpha value is -5.86. The molecule has 1 heterocycles. The zero-order valence-electron chi connectivity index (χ0n) is 27.3. The van der Waals surface area contributed by atoms with Crippen LogP contribution in [0.15, 0.2) is 168 Å². The molecule has 2 aliphatic carbocycles. The van der Waals surface area contributed by atoms with Gasteiger partial charge in [0.05, 0.1) is 0 Å². The van der Waals surface area contributed by atoms with Crippen molar-refractivity contribution in [1.29, 1.82) is 0 Å². The molecule has 49 heavy (non-hydrogen) atoms. The monoisotopic (exact) mass is 629 g/mol. The lowest BCUT2D eigenvalue weighted by Crippen LogP contribution is -2.20. The number of nitrogens with zero attached hydrogens (tertiary/aromatic N) is 1. The summed E-state index contributed by atoms with van der Waals surface area (Å²) in [6, 6.07) is 59.5. The van der Waals surface area contributed by atoms with Crippen molar-refractivity contribution < 1.29 is 4.42 Å². The molecule has 1 fully saturated rings. The van der Waals surface area contributed by atoms with E-state index in [0.717, 1.165) is 33.6 Å². The van der Waals surface area contributed by atoms with E-state index in [4.69, 9.17) is 4.42 Å². The zero-order chi connectivity index (χ0) is 32.4. The van der Waals surface area contributed by atoms with Gasteiger partial charge in [0.1, 0.15) is 11.2 Å². The van der Waals surface area contributed by atoms with Gasteiger partial charge in [0, 0.05) is 33.2 Å². The summed E-state index contributed by atoms with van der Waals surface area (Å²) in [5.74, 6) is 0. The van der Waals surface area contributed by atoms with Crippen LogP contribution in [-0.4, -0.2) is 0 Å². The number of benzene rings is 7. The van der Waals surface area contributed by atoms with Crippen molar-refractivity contribution in [3.05, 3.63) is 175 Å². The molecule has 8 aromatic rings. The fraction of sp³-hybridized carbons (Fsp3) is 0.106. The summed E-state index contributed by atoms with van der Waals surface area (Å²) in [4.78, 5) is 2.36. The average molecular weight is 630 g/mol. The van der Waals surface area contributed by atoms with E-state index >= 15 is 0 Å². The minimum absolute atomic E-state index is 0.124. The van der Waals surface area contributed by atoms with Gasteiger partial charge in [-0.2, -0.15) is 0 Å². The van der Waals surface area contributed by atoms with Crippen molar-refractivity contribution in [3.8, 4) is 33.4 Å². The summed E-state index contributed by atoms with van der Waals surface area (Å²) >= 11 is 0. The third-order valence-corrected chi connectivity index (χ3v) is 11.0. The first-order chi connectivity index (χ1) is 24.2. The van der Waals surface area contributed by atoms with E-state index in [9.17, 15) is 0 Å². The van der Waals surface area contributed by atoms with Gasteiger partial charge in [-0.1, -0.05) is 122 Å². The molecule has 2 aliphatic rings. The van der Waals surface area contributed by atoms with Gasteiger partial charge in [-0.05, 0) is 112 Å². The van der Waals surface area contributed by atoms with Gasteiger partial charge in [-0.15, -0.1) is 0 Å². The topological polar surface area (TPSA) is 16.4 Å². The maximum absolute atomic E-state index is 6.64. The third kappa shape index (κ3) is 4.48. The van der Waals surface area contributed by atoms with Crippen LogP contribution in [0.1, 0.15) is 36.8 Å². The Kier molecular flexibility index (Phi) is 6.39. The quantitative estimate of drug-likeness (QED) is 0.188. The summed E-state index contributed by atoms with van der Waals surface area (Å²) in [5, 5.41) is 2.33. The lowest BCUT2D eigenvalue weighted by Gasteiger charge is -2.26. The molecule has 1 aromatic heterocycles. The van der Waals surface area contributed by atoms with E-state index in [1.165, 1.54) is 75.6 Å². The molecule has 2 nitrogen and oxygen atoms in total. The molecule has 0 atom stereocenters. The van der Waals surface area contributed by atoms with Gasteiger partial charge in [0.2, 0.25) is 0 Å². The number of hydrogen-bond acceptors (Lipinski definition) is 2. The summed E-state index contributed by atoms with van der Waals surface area (Å²) in [5.41, 5.74) is 15.9. The van der Waals surface area contributed by atoms with Crippen molar-refractivity contribution in [1.82, 2.24) is 0 Å². The smallest absolute Gasteiger partial charge is 0.135 e. The van der Waals surface area contributed by atoms with Crippen LogP contribution in [0.3, 0.4) is 0 Å². The Morgan fingerprint density at radius 2 is 0.939 bits per heavy atom. The molecule has 7 aromatic carbocycles. The Labute approximate surface area is 286 Å². The first-order valence-electron chi connectivity index (χ1n) is 17.5. The van der Waals surface area contributed by atoms with Crippen LogP contribution in [0.2, 0.25) is 0 Å². The van der Waals surface area contributed by atoms with E-state index in [-0.39, 0.29) is 5.41 Å². The van der Waals surface area contributed by atoms with Crippen molar-refractivity contribution in [2.75, 3.05) is 4.90 Å². The molecule has 0 N–H and O–H groups in total. The number of hydrogen-bond donors (Lipinski definition) is 0. The first kappa shape index (κ1) is 28.2. The second-order valence-corrected chi connectivity index (χ2v) is 13.7. The molecule has 1 saturated carbocycles. The predicted molar refractivity (Wildman–Crippen MR) is 204 cm³/mol. The summed E-state index contributed by atoms with van der Waals surface area (Å²) in [6.45, 7) is 0. The van der Waals surface area contributed by atoms with E-state index < -0.39 is 0 Å². The van der Waals surface area contributed by atoms with Gasteiger partial charge >= 0.3 is 0 Å². The summed E-state index contributed by atoms with van der Waals surface area (Å²) in [6.07, 6.45) is 5.00. The van der Waals surface area contributed by atoms with Crippen LogP contribution in [0.5, 0.6) is 0 Å². The largest absolute Gasteiger partial charge is 0.456 e. The molecule has 0 amide bonds. The average Bonchev–Trinajstić information content (AvgIpc) is 3.88. The maximum Gasteiger partial charge on any atom is 0.135 e. The Bertz CT molecular complexity index is 2390. The van der Waals surface area contributed by atoms with Crippen LogP contribution in [0, 0.1) is 0 Å². The van der Waals surface area contributed by atoms with E-state index in [2.05, 4.69) is 169 Å². The molecule has 0 radical (unpaired) electrons. The van der Waals surface area contributed by atoms with Crippen LogP contribution < -0.4 is 4.90 Å². The predicted octanol–water partition coefficient (Wildman–Crippen LogP) is 13.2. The van der Waals surface area contributed by atoms with Gasteiger partial charge in [-0.3, -0.25) is 0 Å². The number of furan rings is 1. The van der Waals surface area contributed by atoms with Gasteiger partial charge in [0.25, 0.3) is 0 Å². The zero-order valence-corrected chi connectivity index (χ0v) is 27.3. The standard InChI is InChI=1S/C47H35NO/c1-3-11-32(12-4-1)34-17-21-36(22-18-34)48(37-23-19-35(20-24-37)33-13-5-2-6-14-33)38-25-26-45-41(29-38)42-30-40-39-15-7-8-16-43(39)47(27-9-10-28-47)44(40)31-46(42)49-45/h1-8,11-26,29-31H,9-10,27-28H2. The highest BCUT2D eigenvalue weighted by atomic mass is 16.3. The Balaban J connectivity index is 1.12. The molecule has 10 rings (SSSR count). The van der Waals surface area contributed by atoms with E-state index in [0.29, 0.717) is 0 Å². The highest BCUT2D eigenvalue weighted by molar-refractivity contribution is 6.09. The number of fused-ring (bicyclic) bond motifs is 8. The van der Waals surface area contributed by atoms with Crippen LogP contribution in [0.25, 0.3) is 55.3 Å². The van der Waals surface area contributed by atoms with Gasteiger partial charge in [0.15, 0.2) is 0 Å². The van der Waals surface area contributed by atoms with Crippen LogP contribution in [-0.2, 0) is 5.41 Å². The van der Waals surface area contributed by atoms with Gasteiger partial charge < -0.3 is 9.32 Å². The second kappa shape index (κ2) is 11.1. The molecular formula is C47H35NO. The first-order valence-corrected chi connectivity index (χ1v) is 17.5. The fourth-order valence-corrected chi connectivity index (χ4v) is 8.68. The maximum atomic E-state index is 6.64. The molecule has 234 valence electrons. The SMILES string of the molecule is c1ccc(-c2ccc(N(c3ccc(-c4ccccc4)cc3)c3ccc4oc5cc6c(cc5c4c3)-c3ccccc3C63CCCC3)cc2)cc1.